The second kappa shape index (κ2) is 6.48. The zero-order valence-corrected chi connectivity index (χ0v) is 14.8. The lowest BCUT2D eigenvalue weighted by molar-refractivity contribution is 0.424. The maximum atomic E-state index is 3.62. The Bertz CT molecular complexity index is 445. The molecular formula is C17H27BrN2. The molecule has 0 amide bonds. The first-order valence-corrected chi connectivity index (χ1v) is 8.42. The molecule has 0 saturated heterocycles. The summed E-state index contributed by atoms with van der Waals surface area (Å²) in [6.45, 7) is 7.56. The van der Waals surface area contributed by atoms with Gasteiger partial charge in [-0.2, -0.15) is 0 Å². The molecule has 0 bridgehead atoms. The molecule has 0 unspecified atom stereocenters. The monoisotopic (exact) mass is 338 g/mol. The van der Waals surface area contributed by atoms with Crippen molar-refractivity contribution in [2.45, 2.75) is 64.6 Å². The van der Waals surface area contributed by atoms with E-state index < -0.39 is 0 Å². The molecule has 0 radical (unpaired) electrons. The predicted octanol–water partition coefficient (Wildman–Crippen LogP) is 4.72. The van der Waals surface area contributed by atoms with Crippen molar-refractivity contribution in [1.82, 2.24) is 5.32 Å². The van der Waals surface area contributed by atoms with Gasteiger partial charge in [0.1, 0.15) is 0 Å². The number of benzene rings is 1. The minimum atomic E-state index is 0.149. The van der Waals surface area contributed by atoms with E-state index in [9.17, 15) is 0 Å². The van der Waals surface area contributed by atoms with Crippen molar-refractivity contribution in [3.05, 3.63) is 28.2 Å². The molecule has 3 heteroatoms. The molecule has 1 N–H and O–H groups in total. The summed E-state index contributed by atoms with van der Waals surface area (Å²) >= 11 is 3.62. The first kappa shape index (κ1) is 15.8. The fourth-order valence-corrected chi connectivity index (χ4v) is 3.21. The molecule has 2 nitrogen and oxygen atoms in total. The normalized spacial score (nSPS) is 16.6. The van der Waals surface area contributed by atoms with E-state index in [2.05, 4.69) is 72.2 Å². The molecule has 2 rings (SSSR count). The Morgan fingerprint density at radius 2 is 1.90 bits per heavy atom. The molecule has 1 aliphatic carbocycles. The summed E-state index contributed by atoms with van der Waals surface area (Å²) in [7, 11) is 2.25. The highest BCUT2D eigenvalue weighted by Gasteiger charge is 2.22. The molecule has 1 aliphatic rings. The highest BCUT2D eigenvalue weighted by atomic mass is 79.9. The van der Waals surface area contributed by atoms with Crippen LogP contribution >= 0.6 is 15.9 Å². The van der Waals surface area contributed by atoms with Gasteiger partial charge < -0.3 is 10.2 Å². The molecule has 1 fully saturated rings. The Balaban J connectivity index is 2.18. The zero-order valence-electron chi connectivity index (χ0n) is 13.2. The standard InChI is InChI=1S/C17H27BrN2/c1-17(2,3)19-12-13-9-10-14(18)11-16(13)20(4)15-7-5-6-8-15/h9-11,15,19H,5-8,12H2,1-4H3. The van der Waals surface area contributed by atoms with Gasteiger partial charge in [-0.15, -0.1) is 0 Å². The maximum absolute atomic E-state index is 3.62. The summed E-state index contributed by atoms with van der Waals surface area (Å²) in [5, 5.41) is 3.60. The first-order valence-electron chi connectivity index (χ1n) is 7.63. The zero-order chi connectivity index (χ0) is 14.8. The third kappa shape index (κ3) is 4.23. The van der Waals surface area contributed by atoms with Crippen LogP contribution in [0.25, 0.3) is 0 Å². The Labute approximate surface area is 132 Å². The SMILES string of the molecule is CN(c1cc(Br)ccc1CNC(C)(C)C)C1CCCC1. The Morgan fingerprint density at radius 1 is 1.25 bits per heavy atom. The number of anilines is 1. The van der Waals surface area contributed by atoms with Crippen LogP contribution in [0.1, 0.15) is 52.0 Å². The Kier molecular flexibility index (Phi) is 5.14. The van der Waals surface area contributed by atoms with Gasteiger partial charge in [-0.25, -0.2) is 0 Å². The van der Waals surface area contributed by atoms with Crippen LogP contribution in [0.2, 0.25) is 0 Å². The third-order valence-corrected chi connectivity index (χ3v) is 4.60. The minimum absolute atomic E-state index is 0.149. The van der Waals surface area contributed by atoms with Crippen LogP contribution < -0.4 is 10.2 Å². The summed E-state index contributed by atoms with van der Waals surface area (Å²) in [6, 6.07) is 7.35. The Hall–Kier alpha value is -0.540. The molecule has 1 aromatic rings. The van der Waals surface area contributed by atoms with Crippen LogP contribution in [-0.2, 0) is 6.54 Å². The summed E-state index contributed by atoms with van der Waals surface area (Å²) in [6.07, 6.45) is 5.40. The smallest absolute Gasteiger partial charge is 0.0423 e. The van der Waals surface area contributed by atoms with Gasteiger partial charge in [0.15, 0.2) is 0 Å². The lowest BCUT2D eigenvalue weighted by atomic mass is 10.1. The van der Waals surface area contributed by atoms with E-state index in [4.69, 9.17) is 0 Å². The minimum Gasteiger partial charge on any atom is -0.371 e. The molecule has 0 heterocycles. The molecule has 1 saturated carbocycles. The summed E-state index contributed by atoms with van der Waals surface area (Å²) in [4.78, 5) is 2.48. The van der Waals surface area contributed by atoms with Gasteiger partial charge in [0, 0.05) is 35.3 Å². The number of rotatable bonds is 4. The Morgan fingerprint density at radius 3 is 2.50 bits per heavy atom. The lowest BCUT2D eigenvalue weighted by Gasteiger charge is -2.30. The highest BCUT2D eigenvalue weighted by Crippen LogP contribution is 2.31. The largest absolute Gasteiger partial charge is 0.371 e. The number of halogens is 1. The van der Waals surface area contributed by atoms with E-state index >= 15 is 0 Å². The van der Waals surface area contributed by atoms with Gasteiger partial charge >= 0.3 is 0 Å². The van der Waals surface area contributed by atoms with Gasteiger partial charge in [0.05, 0.1) is 0 Å². The summed E-state index contributed by atoms with van der Waals surface area (Å²) in [5.41, 5.74) is 2.90. The molecule has 1 aromatic carbocycles. The van der Waals surface area contributed by atoms with E-state index in [-0.39, 0.29) is 5.54 Å². The number of nitrogens with one attached hydrogen (secondary N) is 1. The number of hydrogen-bond acceptors (Lipinski definition) is 2. The van der Waals surface area contributed by atoms with Crippen molar-refractivity contribution < 1.29 is 0 Å². The quantitative estimate of drug-likeness (QED) is 0.854. The molecule has 20 heavy (non-hydrogen) atoms. The highest BCUT2D eigenvalue weighted by molar-refractivity contribution is 9.10. The van der Waals surface area contributed by atoms with Crippen LogP contribution in [-0.4, -0.2) is 18.6 Å². The van der Waals surface area contributed by atoms with Crippen LogP contribution in [0.3, 0.4) is 0 Å². The molecule has 0 aliphatic heterocycles. The average Bonchev–Trinajstić information content (AvgIpc) is 2.89. The molecule has 0 atom stereocenters. The second-order valence-corrected chi connectivity index (χ2v) is 7.84. The second-order valence-electron chi connectivity index (χ2n) is 6.93. The molecule has 112 valence electrons. The molecule has 0 spiro atoms. The summed E-state index contributed by atoms with van der Waals surface area (Å²) < 4.78 is 1.16. The van der Waals surface area contributed by atoms with Crippen molar-refractivity contribution in [3.63, 3.8) is 0 Å². The van der Waals surface area contributed by atoms with Crippen molar-refractivity contribution in [2.75, 3.05) is 11.9 Å². The van der Waals surface area contributed by atoms with Crippen LogP contribution in [0.4, 0.5) is 5.69 Å². The predicted molar refractivity (Wildman–Crippen MR) is 91.4 cm³/mol. The maximum Gasteiger partial charge on any atom is 0.0423 e. The molecule has 0 aromatic heterocycles. The van der Waals surface area contributed by atoms with Crippen molar-refractivity contribution in [1.29, 1.82) is 0 Å². The van der Waals surface area contributed by atoms with Crippen LogP contribution in [0, 0.1) is 0 Å². The van der Waals surface area contributed by atoms with E-state index in [0.717, 1.165) is 11.0 Å². The van der Waals surface area contributed by atoms with E-state index in [1.165, 1.54) is 36.9 Å². The van der Waals surface area contributed by atoms with Crippen LogP contribution in [0.15, 0.2) is 22.7 Å². The third-order valence-electron chi connectivity index (χ3n) is 4.11. The van der Waals surface area contributed by atoms with Gasteiger partial charge in [-0.3, -0.25) is 0 Å². The number of hydrogen-bond donors (Lipinski definition) is 1. The van der Waals surface area contributed by atoms with Crippen LogP contribution in [0.5, 0.6) is 0 Å². The van der Waals surface area contributed by atoms with Crippen molar-refractivity contribution in [2.24, 2.45) is 0 Å². The average molecular weight is 339 g/mol. The van der Waals surface area contributed by atoms with E-state index in [1.54, 1.807) is 0 Å². The fraction of sp³-hybridized carbons (Fsp3) is 0.647. The van der Waals surface area contributed by atoms with E-state index in [1.807, 2.05) is 0 Å². The number of nitrogens with zero attached hydrogens (tertiary/aromatic N) is 1. The van der Waals surface area contributed by atoms with E-state index in [0.29, 0.717) is 6.04 Å². The van der Waals surface area contributed by atoms with Gasteiger partial charge in [0.25, 0.3) is 0 Å². The van der Waals surface area contributed by atoms with Crippen molar-refractivity contribution in [3.8, 4) is 0 Å². The first-order chi connectivity index (χ1) is 9.37. The van der Waals surface area contributed by atoms with Crippen molar-refractivity contribution >= 4 is 21.6 Å². The van der Waals surface area contributed by atoms with Gasteiger partial charge in [-0.1, -0.05) is 34.8 Å². The van der Waals surface area contributed by atoms with Gasteiger partial charge in [-0.05, 0) is 51.3 Å². The topological polar surface area (TPSA) is 15.3 Å². The molecular weight excluding hydrogens is 312 g/mol. The summed E-state index contributed by atoms with van der Waals surface area (Å²) in [5.74, 6) is 0. The lowest BCUT2D eigenvalue weighted by Crippen LogP contribution is -2.36. The van der Waals surface area contributed by atoms with Gasteiger partial charge in [0.2, 0.25) is 0 Å². The fourth-order valence-electron chi connectivity index (χ4n) is 2.86.